The number of primary amides is 1. The summed E-state index contributed by atoms with van der Waals surface area (Å²) in [5, 5.41) is 2.93. The predicted octanol–water partition coefficient (Wildman–Crippen LogP) is 2.40. The van der Waals surface area contributed by atoms with Gasteiger partial charge in [0.2, 0.25) is 0 Å². The normalized spacial score (nSPS) is 14.7. The van der Waals surface area contributed by atoms with E-state index < -0.39 is 5.91 Å². The number of hydrogen-bond acceptors (Lipinski definition) is 5. The predicted molar refractivity (Wildman–Crippen MR) is 98.1 cm³/mol. The summed E-state index contributed by atoms with van der Waals surface area (Å²) in [7, 11) is 0. The Labute approximate surface area is 155 Å². The van der Waals surface area contributed by atoms with Crippen LogP contribution in [0.3, 0.4) is 0 Å². The number of amides is 2. The number of aromatic nitrogens is 3. The molecule has 0 saturated heterocycles. The van der Waals surface area contributed by atoms with Gasteiger partial charge in [0, 0.05) is 6.54 Å². The summed E-state index contributed by atoms with van der Waals surface area (Å²) in [4.78, 5) is 32.6. The smallest absolute Gasteiger partial charge is 0.271 e. The topological polar surface area (TPSA) is 116 Å². The number of hydrogen-bond donors (Lipinski definition) is 2. The van der Waals surface area contributed by atoms with Crippen molar-refractivity contribution in [3.8, 4) is 11.5 Å². The molecular formula is C19H21N5O3. The number of imidazole rings is 1. The van der Waals surface area contributed by atoms with Gasteiger partial charge in [0.1, 0.15) is 12.0 Å². The fraction of sp³-hybridized carbons (Fsp3) is 0.368. The van der Waals surface area contributed by atoms with Crippen molar-refractivity contribution in [2.24, 2.45) is 11.7 Å². The van der Waals surface area contributed by atoms with Crippen LogP contribution in [0, 0.1) is 5.92 Å². The lowest BCUT2D eigenvalue weighted by molar-refractivity contribution is 0.0944. The van der Waals surface area contributed by atoms with E-state index in [1.165, 1.54) is 38.3 Å². The molecule has 3 aromatic rings. The van der Waals surface area contributed by atoms with E-state index in [4.69, 9.17) is 10.2 Å². The molecule has 1 aliphatic rings. The van der Waals surface area contributed by atoms with Gasteiger partial charge in [0.25, 0.3) is 11.8 Å². The second-order valence-corrected chi connectivity index (χ2v) is 6.85. The second-order valence-electron chi connectivity index (χ2n) is 6.85. The Hall–Kier alpha value is -3.16. The van der Waals surface area contributed by atoms with Gasteiger partial charge in [-0.1, -0.05) is 25.7 Å². The van der Waals surface area contributed by atoms with E-state index >= 15 is 0 Å². The Morgan fingerprint density at radius 1 is 1.33 bits per heavy atom. The lowest BCUT2D eigenvalue weighted by Gasteiger charge is -2.11. The molecule has 0 radical (unpaired) electrons. The molecule has 0 aromatic carbocycles. The van der Waals surface area contributed by atoms with Gasteiger partial charge < -0.3 is 15.5 Å². The van der Waals surface area contributed by atoms with Gasteiger partial charge >= 0.3 is 0 Å². The second kappa shape index (κ2) is 7.22. The third-order valence-corrected chi connectivity index (χ3v) is 5.05. The highest BCUT2D eigenvalue weighted by atomic mass is 16.3. The van der Waals surface area contributed by atoms with Crippen LogP contribution < -0.4 is 11.1 Å². The fourth-order valence-corrected chi connectivity index (χ4v) is 3.65. The molecule has 3 aromatic heterocycles. The summed E-state index contributed by atoms with van der Waals surface area (Å²) in [6.07, 6.45) is 8.98. The van der Waals surface area contributed by atoms with Crippen molar-refractivity contribution in [3.05, 3.63) is 42.2 Å². The Kier molecular flexibility index (Phi) is 4.62. The molecule has 0 spiro atoms. The highest BCUT2D eigenvalue weighted by Crippen LogP contribution is 2.27. The standard InChI is InChI=1S/C19H21N5O3/c20-17(25)16-18-23-13(19(26)21-8-7-12-4-1-2-5-12)10-14(24(18)11-22-16)15-6-3-9-27-15/h3,6,9-12H,1-2,4-5,7-8H2,(H2,20,25)(H,21,26). The Morgan fingerprint density at radius 2 is 2.15 bits per heavy atom. The van der Waals surface area contributed by atoms with Crippen LogP contribution in [0.2, 0.25) is 0 Å². The van der Waals surface area contributed by atoms with E-state index in [0.29, 0.717) is 23.9 Å². The van der Waals surface area contributed by atoms with E-state index in [-0.39, 0.29) is 22.9 Å². The van der Waals surface area contributed by atoms with Crippen LogP contribution in [-0.2, 0) is 0 Å². The van der Waals surface area contributed by atoms with E-state index in [2.05, 4.69) is 15.3 Å². The molecular weight excluding hydrogens is 346 g/mol. The first-order chi connectivity index (χ1) is 13.1. The van der Waals surface area contributed by atoms with Gasteiger partial charge in [-0.3, -0.25) is 14.0 Å². The molecule has 4 rings (SSSR count). The maximum atomic E-state index is 12.6. The molecule has 8 heteroatoms. The molecule has 2 amide bonds. The molecule has 0 bridgehead atoms. The molecule has 27 heavy (non-hydrogen) atoms. The van der Waals surface area contributed by atoms with Gasteiger partial charge in [-0.05, 0) is 30.5 Å². The van der Waals surface area contributed by atoms with Gasteiger partial charge in [-0.15, -0.1) is 0 Å². The first kappa shape index (κ1) is 17.3. The third-order valence-electron chi connectivity index (χ3n) is 5.05. The molecule has 140 valence electrons. The zero-order valence-corrected chi connectivity index (χ0v) is 14.9. The zero-order chi connectivity index (χ0) is 18.8. The van der Waals surface area contributed by atoms with Gasteiger partial charge in [0.15, 0.2) is 17.1 Å². The first-order valence-corrected chi connectivity index (χ1v) is 9.13. The van der Waals surface area contributed by atoms with Crippen molar-refractivity contribution >= 4 is 17.5 Å². The molecule has 0 unspecified atom stereocenters. The molecule has 1 aliphatic carbocycles. The Balaban J connectivity index is 1.64. The number of rotatable bonds is 6. The fourth-order valence-electron chi connectivity index (χ4n) is 3.65. The number of nitrogens with zero attached hydrogens (tertiary/aromatic N) is 3. The summed E-state index contributed by atoms with van der Waals surface area (Å²) >= 11 is 0. The lowest BCUT2D eigenvalue weighted by atomic mass is 10.0. The Morgan fingerprint density at radius 3 is 2.85 bits per heavy atom. The molecule has 0 atom stereocenters. The van der Waals surface area contributed by atoms with Crippen LogP contribution in [0.15, 0.2) is 35.2 Å². The monoisotopic (exact) mass is 367 g/mol. The van der Waals surface area contributed by atoms with Crippen LogP contribution in [0.1, 0.15) is 53.1 Å². The summed E-state index contributed by atoms with van der Waals surface area (Å²) in [6, 6.07) is 5.14. The molecule has 3 N–H and O–H groups in total. The maximum absolute atomic E-state index is 12.6. The highest BCUT2D eigenvalue weighted by molar-refractivity contribution is 5.99. The van der Waals surface area contributed by atoms with Gasteiger partial charge in [-0.25, -0.2) is 9.97 Å². The van der Waals surface area contributed by atoms with Crippen molar-refractivity contribution in [1.82, 2.24) is 19.7 Å². The van der Waals surface area contributed by atoms with Crippen LogP contribution >= 0.6 is 0 Å². The van der Waals surface area contributed by atoms with Gasteiger partial charge in [0.05, 0.1) is 12.0 Å². The summed E-state index contributed by atoms with van der Waals surface area (Å²) < 4.78 is 7.05. The summed E-state index contributed by atoms with van der Waals surface area (Å²) in [5.41, 5.74) is 6.41. The average molecular weight is 367 g/mol. The molecule has 0 aliphatic heterocycles. The number of carbonyl (C=O) groups is 2. The number of fused-ring (bicyclic) bond motifs is 1. The Bertz CT molecular complexity index is 971. The minimum absolute atomic E-state index is 0.0170. The minimum Gasteiger partial charge on any atom is -0.463 e. The third kappa shape index (κ3) is 3.42. The summed E-state index contributed by atoms with van der Waals surface area (Å²) in [6.45, 7) is 0.606. The molecule has 1 saturated carbocycles. The number of carbonyl (C=O) groups excluding carboxylic acids is 2. The quantitative estimate of drug-likeness (QED) is 0.694. The van der Waals surface area contributed by atoms with Crippen molar-refractivity contribution < 1.29 is 14.0 Å². The lowest BCUT2D eigenvalue weighted by Crippen LogP contribution is -2.27. The van der Waals surface area contributed by atoms with Crippen molar-refractivity contribution in [2.45, 2.75) is 32.1 Å². The van der Waals surface area contributed by atoms with E-state index in [1.54, 1.807) is 22.6 Å². The van der Waals surface area contributed by atoms with Gasteiger partial charge in [-0.2, -0.15) is 0 Å². The molecule has 8 nitrogen and oxygen atoms in total. The average Bonchev–Trinajstić information content (AvgIpc) is 3.41. The molecule has 3 heterocycles. The van der Waals surface area contributed by atoms with E-state index in [0.717, 1.165) is 6.42 Å². The van der Waals surface area contributed by atoms with Crippen molar-refractivity contribution in [2.75, 3.05) is 6.54 Å². The van der Waals surface area contributed by atoms with Crippen LogP contribution in [0.5, 0.6) is 0 Å². The summed E-state index contributed by atoms with van der Waals surface area (Å²) in [5.74, 6) is 0.237. The number of furan rings is 1. The number of nitrogens with one attached hydrogen (secondary N) is 1. The SMILES string of the molecule is NC(=O)c1ncn2c(-c3ccco3)cc(C(=O)NCCC3CCCC3)nc12. The maximum Gasteiger partial charge on any atom is 0.271 e. The zero-order valence-electron chi connectivity index (χ0n) is 14.9. The van der Waals surface area contributed by atoms with Crippen molar-refractivity contribution in [3.63, 3.8) is 0 Å². The number of nitrogens with two attached hydrogens (primary N) is 1. The van der Waals surface area contributed by atoms with Crippen LogP contribution in [-0.4, -0.2) is 32.7 Å². The largest absolute Gasteiger partial charge is 0.463 e. The molecule has 1 fully saturated rings. The highest BCUT2D eigenvalue weighted by Gasteiger charge is 2.20. The van der Waals surface area contributed by atoms with Crippen molar-refractivity contribution in [1.29, 1.82) is 0 Å². The van der Waals surface area contributed by atoms with Crippen LogP contribution in [0.4, 0.5) is 0 Å². The first-order valence-electron chi connectivity index (χ1n) is 9.13. The van der Waals surface area contributed by atoms with E-state index in [9.17, 15) is 9.59 Å². The van der Waals surface area contributed by atoms with E-state index in [1.807, 2.05) is 0 Å². The van der Waals surface area contributed by atoms with Crippen LogP contribution in [0.25, 0.3) is 17.1 Å². The minimum atomic E-state index is -0.700.